The van der Waals surface area contributed by atoms with Gasteiger partial charge < -0.3 is 10.2 Å². The van der Waals surface area contributed by atoms with E-state index in [1.807, 2.05) is 0 Å². The molecule has 2 N–H and O–H groups in total. The topological polar surface area (TPSA) is 81.1 Å². The summed E-state index contributed by atoms with van der Waals surface area (Å²) in [7, 11) is 0. The Hall–Kier alpha value is -1.66. The number of anilines is 2. The molecule has 0 spiro atoms. The van der Waals surface area contributed by atoms with Gasteiger partial charge in [-0.15, -0.1) is 0 Å². The van der Waals surface area contributed by atoms with Crippen molar-refractivity contribution in [3.8, 4) is 0 Å². The zero-order valence-electron chi connectivity index (χ0n) is 8.30. The second-order valence-corrected chi connectivity index (χ2v) is 3.62. The second kappa shape index (κ2) is 5.11. The highest BCUT2D eigenvalue weighted by Crippen LogP contribution is 2.28. The third-order valence-electron chi connectivity index (χ3n) is 1.84. The molecule has 1 aromatic carbocycles. The van der Waals surface area contributed by atoms with Crippen LogP contribution in [0, 0.1) is 6.92 Å². The van der Waals surface area contributed by atoms with Gasteiger partial charge >= 0.3 is 12.2 Å². The van der Waals surface area contributed by atoms with Gasteiger partial charge in [0.25, 0.3) is 0 Å². The van der Waals surface area contributed by atoms with Crippen LogP contribution in [0.1, 0.15) is 5.56 Å². The zero-order valence-corrected chi connectivity index (χ0v) is 9.81. The van der Waals surface area contributed by atoms with Crippen LogP contribution >= 0.6 is 23.6 Å². The lowest BCUT2D eigenvalue weighted by Crippen LogP contribution is -2.21. The molecule has 0 fully saturated rings. The fraction of sp³-hybridized carbons (Fsp3) is 0. The molecule has 0 aliphatic carbocycles. The first-order chi connectivity index (χ1) is 7.84. The summed E-state index contributed by atoms with van der Waals surface area (Å²) in [5.74, 6) is 0. The number of hydrogen-bond acceptors (Lipinski definition) is 2. The Labute approximate surface area is 107 Å². The van der Waals surface area contributed by atoms with Crippen molar-refractivity contribution in [3.63, 3.8) is 0 Å². The maximum absolute atomic E-state index is 10.7. The number of amides is 2. The summed E-state index contributed by atoms with van der Waals surface area (Å²) in [5.41, 5.74) is 0.415. The van der Waals surface area contributed by atoms with Gasteiger partial charge in [-0.05, 0) is 24.6 Å². The molecule has 0 heterocycles. The van der Waals surface area contributed by atoms with Crippen LogP contribution in [0.2, 0.25) is 0 Å². The maximum Gasteiger partial charge on any atom is 0.426 e. The van der Waals surface area contributed by atoms with E-state index in [1.54, 1.807) is 0 Å². The first kappa shape index (κ1) is 13.4. The molecule has 0 saturated heterocycles. The zero-order chi connectivity index (χ0) is 13.2. The van der Waals surface area contributed by atoms with E-state index in [1.165, 1.54) is 18.2 Å². The Morgan fingerprint density at radius 2 is 1.65 bits per heavy atom. The number of hydrogen-bond donors (Lipinski definition) is 2. The van der Waals surface area contributed by atoms with E-state index < -0.39 is 12.2 Å². The molecule has 2 amide bonds. The van der Waals surface area contributed by atoms with Crippen molar-refractivity contribution in [1.82, 2.24) is 0 Å². The molecule has 17 heavy (non-hydrogen) atoms. The Morgan fingerprint density at radius 1 is 1.12 bits per heavy atom. The minimum Gasteiger partial charge on any atom is -0.464 e. The van der Waals surface area contributed by atoms with Crippen molar-refractivity contribution < 1.29 is 19.8 Å². The molecule has 8 heteroatoms. The Bertz CT molecular complexity index is 466. The predicted molar refractivity (Wildman–Crippen MR) is 63.6 cm³/mol. The molecule has 0 saturated carbocycles. The average molecular weight is 278 g/mol. The molecule has 1 radical (unpaired) electrons. The first-order valence-corrected chi connectivity index (χ1v) is 4.86. The van der Waals surface area contributed by atoms with Gasteiger partial charge in [0.2, 0.25) is 0 Å². The summed E-state index contributed by atoms with van der Waals surface area (Å²) in [4.78, 5) is 21.3. The van der Waals surface area contributed by atoms with Crippen molar-refractivity contribution in [3.05, 3.63) is 30.7 Å². The number of rotatable bonds is 2. The van der Waals surface area contributed by atoms with E-state index in [0.717, 1.165) is 0 Å². The Morgan fingerprint density at radius 3 is 2.12 bits per heavy atom. The molecule has 1 aromatic rings. The quantitative estimate of drug-likeness (QED) is 0.814. The van der Waals surface area contributed by atoms with Crippen LogP contribution in [0.15, 0.2) is 18.2 Å². The van der Waals surface area contributed by atoms with Gasteiger partial charge in [-0.2, -0.15) is 8.84 Å². The van der Waals surface area contributed by atoms with Crippen LogP contribution in [0.3, 0.4) is 0 Å². The number of nitrogens with zero attached hydrogens (tertiary/aromatic N) is 2. The van der Waals surface area contributed by atoms with Crippen molar-refractivity contribution in [1.29, 1.82) is 0 Å². The predicted octanol–water partition coefficient (Wildman–Crippen LogP) is 3.15. The molecule has 0 bridgehead atoms. The summed E-state index contributed by atoms with van der Waals surface area (Å²) >= 11 is 10.9. The van der Waals surface area contributed by atoms with Gasteiger partial charge in [0, 0.05) is 23.6 Å². The molecule has 0 aromatic heterocycles. The van der Waals surface area contributed by atoms with Crippen LogP contribution in [0.25, 0.3) is 0 Å². The van der Waals surface area contributed by atoms with Gasteiger partial charge in [-0.1, -0.05) is 6.07 Å². The van der Waals surface area contributed by atoms with E-state index >= 15 is 0 Å². The van der Waals surface area contributed by atoms with E-state index in [9.17, 15) is 9.59 Å². The lowest BCUT2D eigenvalue weighted by molar-refractivity contribution is 0.205. The van der Waals surface area contributed by atoms with Gasteiger partial charge in [-0.25, -0.2) is 9.59 Å². The van der Waals surface area contributed by atoms with Gasteiger partial charge in [0.1, 0.15) is 0 Å². The minimum atomic E-state index is -1.41. The van der Waals surface area contributed by atoms with Gasteiger partial charge in [0.05, 0.1) is 11.4 Å². The number of benzene rings is 1. The average Bonchev–Trinajstić information content (AvgIpc) is 2.27. The largest absolute Gasteiger partial charge is 0.464 e. The highest BCUT2D eigenvalue weighted by molar-refractivity contribution is 6.37. The molecule has 0 unspecified atom stereocenters. The van der Waals surface area contributed by atoms with Gasteiger partial charge in [-0.3, -0.25) is 0 Å². The second-order valence-electron chi connectivity index (χ2n) is 2.94. The molecule has 0 aliphatic heterocycles. The fourth-order valence-corrected chi connectivity index (χ4v) is 1.33. The van der Waals surface area contributed by atoms with E-state index in [-0.39, 0.29) is 11.4 Å². The normalized spacial score (nSPS) is 9.82. The third kappa shape index (κ3) is 2.92. The molecule has 0 aliphatic rings. The first-order valence-electron chi connectivity index (χ1n) is 4.18. The van der Waals surface area contributed by atoms with Crippen molar-refractivity contribution in [2.75, 3.05) is 8.84 Å². The Kier molecular flexibility index (Phi) is 4.03. The third-order valence-corrected chi connectivity index (χ3v) is 2.51. The lowest BCUT2D eigenvalue weighted by atomic mass is 10.2. The number of carbonyl (C=O) groups is 2. The highest BCUT2D eigenvalue weighted by Gasteiger charge is 2.18. The molecular formula is C9H7Cl2N2O4. The van der Waals surface area contributed by atoms with E-state index in [2.05, 4.69) is 6.92 Å². The van der Waals surface area contributed by atoms with Crippen LogP contribution in [0.4, 0.5) is 21.0 Å². The monoisotopic (exact) mass is 277 g/mol. The van der Waals surface area contributed by atoms with E-state index in [4.69, 9.17) is 33.8 Å². The van der Waals surface area contributed by atoms with Crippen molar-refractivity contribution in [2.24, 2.45) is 0 Å². The molecule has 6 nitrogen and oxygen atoms in total. The number of carboxylic acid groups (broad SMARTS) is 2. The van der Waals surface area contributed by atoms with Crippen LogP contribution in [0.5, 0.6) is 0 Å². The fourth-order valence-electron chi connectivity index (χ4n) is 1.07. The molecule has 0 atom stereocenters. The summed E-state index contributed by atoms with van der Waals surface area (Å²) in [5, 5.41) is 17.4. The van der Waals surface area contributed by atoms with Crippen LogP contribution < -0.4 is 8.84 Å². The van der Waals surface area contributed by atoms with Crippen LogP contribution in [-0.4, -0.2) is 22.4 Å². The van der Waals surface area contributed by atoms with E-state index in [0.29, 0.717) is 14.4 Å². The molecule has 91 valence electrons. The molecule has 1 rings (SSSR count). The van der Waals surface area contributed by atoms with Gasteiger partial charge in [0.15, 0.2) is 0 Å². The van der Waals surface area contributed by atoms with Crippen LogP contribution in [-0.2, 0) is 0 Å². The minimum absolute atomic E-state index is 0.0311. The summed E-state index contributed by atoms with van der Waals surface area (Å²) in [6.07, 6.45) is -2.81. The smallest absolute Gasteiger partial charge is 0.426 e. The van der Waals surface area contributed by atoms with Crippen molar-refractivity contribution >= 4 is 47.1 Å². The SMILES string of the molecule is [CH2]c1ccc(N(Cl)C(=O)O)cc1N(Cl)C(=O)O. The Balaban J connectivity index is 3.19. The summed E-state index contributed by atoms with van der Waals surface area (Å²) in [6, 6.07) is 3.98. The summed E-state index contributed by atoms with van der Waals surface area (Å²) < 4.78 is 0.813. The summed E-state index contributed by atoms with van der Waals surface area (Å²) in [6.45, 7) is 3.57. The highest BCUT2D eigenvalue weighted by atomic mass is 35.5. The standard InChI is InChI=1S/C9H7Cl2N2O4/c1-5-2-3-6(12(10)8(14)15)4-7(5)13(11)9(16)17/h2-4H,1H2,(H,14,15)(H,16,17). The lowest BCUT2D eigenvalue weighted by Gasteiger charge is -2.16. The van der Waals surface area contributed by atoms with Crippen molar-refractivity contribution in [2.45, 2.75) is 0 Å². The maximum atomic E-state index is 10.7. The number of halogens is 2. The molecular weight excluding hydrogens is 271 g/mol.